The predicted molar refractivity (Wildman–Crippen MR) is 131 cm³/mol. The van der Waals surface area contributed by atoms with Crippen molar-refractivity contribution in [2.24, 2.45) is 7.05 Å². The number of hydrogen-bond acceptors (Lipinski definition) is 3. The van der Waals surface area contributed by atoms with Crippen LogP contribution in [0, 0.1) is 0 Å². The van der Waals surface area contributed by atoms with Gasteiger partial charge < -0.3 is 14.5 Å². The van der Waals surface area contributed by atoms with Crippen LogP contribution < -0.4 is 5.32 Å². The van der Waals surface area contributed by atoms with Crippen molar-refractivity contribution in [2.45, 2.75) is 61.0 Å². The molecule has 2 aromatic heterocycles. The Morgan fingerprint density at radius 2 is 1.72 bits per heavy atom. The van der Waals surface area contributed by atoms with Gasteiger partial charge >= 0.3 is 0 Å². The third kappa shape index (κ3) is 2.96. The summed E-state index contributed by atoms with van der Waals surface area (Å²) >= 11 is 0. The molecule has 2 unspecified atom stereocenters. The molecule has 2 bridgehead atoms. The van der Waals surface area contributed by atoms with Gasteiger partial charge in [0.15, 0.2) is 0 Å². The van der Waals surface area contributed by atoms with Gasteiger partial charge in [-0.25, -0.2) is 8.42 Å². The van der Waals surface area contributed by atoms with Crippen LogP contribution in [-0.2, 0) is 23.3 Å². The summed E-state index contributed by atoms with van der Waals surface area (Å²) in [7, 11) is -1.50. The van der Waals surface area contributed by atoms with Crippen LogP contribution in [0.5, 0.6) is 0 Å². The van der Waals surface area contributed by atoms with E-state index < -0.39 is 9.84 Å². The number of aryl methyl sites for hydroxylation is 1. The first-order valence-electron chi connectivity index (χ1n) is 11.1. The van der Waals surface area contributed by atoms with Crippen LogP contribution in [0.25, 0.3) is 21.8 Å². The lowest BCUT2D eigenvalue weighted by molar-refractivity contribution is 0.503. The summed E-state index contributed by atoms with van der Waals surface area (Å²) in [5.41, 5.74) is 4.83. The molecule has 7 heteroatoms. The van der Waals surface area contributed by atoms with Crippen LogP contribution in [0.15, 0.2) is 58.5 Å². The predicted octanol–water partition coefficient (Wildman–Crippen LogP) is 5.32. The number of nitrogens with zero attached hydrogens (tertiary/aromatic N) is 2. The zero-order valence-corrected chi connectivity index (χ0v) is 20.1. The van der Waals surface area contributed by atoms with E-state index in [9.17, 15) is 8.42 Å². The first-order valence-corrected chi connectivity index (χ1v) is 12.6. The Morgan fingerprint density at radius 3 is 2.47 bits per heavy atom. The molecule has 0 radical (unpaired) electrons. The first kappa shape index (κ1) is 21.6. The first-order chi connectivity index (χ1) is 14.8. The molecule has 1 fully saturated rings. The Bertz CT molecular complexity index is 1470. The fourth-order valence-electron chi connectivity index (χ4n) is 5.64. The maximum atomic E-state index is 13.6. The van der Waals surface area contributed by atoms with E-state index in [2.05, 4.69) is 35.3 Å². The highest BCUT2D eigenvalue weighted by atomic mass is 35.5. The lowest BCUT2D eigenvalue weighted by Gasteiger charge is -2.23. The number of hydrogen-bond donors (Lipinski definition) is 1. The van der Waals surface area contributed by atoms with Gasteiger partial charge in [0.25, 0.3) is 0 Å². The largest absolute Gasteiger partial charge is 0.347 e. The topological polar surface area (TPSA) is 56.0 Å². The molecule has 2 aliphatic heterocycles. The minimum atomic E-state index is -3.60. The SMILES string of the molecule is CC(C)n1ccc2cc(S(=O)(=O)c3ccc4c(c3)c3c(n4C)CC4CCC3N4)ccc21.Cl. The summed E-state index contributed by atoms with van der Waals surface area (Å²) in [5, 5.41) is 5.73. The highest BCUT2D eigenvalue weighted by Gasteiger charge is 2.36. The number of fused-ring (bicyclic) bond motifs is 7. The van der Waals surface area contributed by atoms with Gasteiger partial charge in [0.2, 0.25) is 9.84 Å². The average Bonchev–Trinajstić information content (AvgIpc) is 3.43. The fourth-order valence-corrected chi connectivity index (χ4v) is 6.97. The van der Waals surface area contributed by atoms with Crippen molar-refractivity contribution in [3.63, 3.8) is 0 Å². The average molecular weight is 470 g/mol. The van der Waals surface area contributed by atoms with Gasteiger partial charge in [-0.3, -0.25) is 0 Å². The van der Waals surface area contributed by atoms with Crippen LogP contribution in [0.4, 0.5) is 0 Å². The molecule has 5 nitrogen and oxygen atoms in total. The molecule has 2 atom stereocenters. The van der Waals surface area contributed by atoms with Crippen LogP contribution in [0.3, 0.4) is 0 Å². The number of nitrogens with one attached hydrogen (secondary N) is 1. The van der Waals surface area contributed by atoms with Gasteiger partial charge in [0, 0.05) is 65.3 Å². The van der Waals surface area contributed by atoms with Crippen LogP contribution in [-0.4, -0.2) is 23.6 Å². The maximum Gasteiger partial charge on any atom is 0.206 e. The Hall–Kier alpha value is -2.28. The van der Waals surface area contributed by atoms with E-state index in [0.717, 1.165) is 34.6 Å². The number of halogens is 1. The number of sulfone groups is 1. The molecule has 0 saturated carbocycles. The molecule has 168 valence electrons. The molecular formula is C25H28ClN3O2S. The highest BCUT2D eigenvalue weighted by Crippen LogP contribution is 2.42. The van der Waals surface area contributed by atoms with E-state index in [4.69, 9.17) is 0 Å². The van der Waals surface area contributed by atoms with Crippen molar-refractivity contribution in [2.75, 3.05) is 0 Å². The third-order valence-corrected chi connectivity index (χ3v) is 8.98. The van der Waals surface area contributed by atoms with E-state index in [1.807, 2.05) is 30.5 Å². The second-order valence-corrected chi connectivity index (χ2v) is 11.3. The summed E-state index contributed by atoms with van der Waals surface area (Å²) in [6.07, 6.45) is 5.35. The number of rotatable bonds is 3. The zero-order valence-electron chi connectivity index (χ0n) is 18.5. The van der Waals surface area contributed by atoms with Crippen molar-refractivity contribution in [1.29, 1.82) is 0 Å². The summed E-state index contributed by atoms with van der Waals surface area (Å²) in [4.78, 5) is 0.723. The lowest BCUT2D eigenvalue weighted by atomic mass is 9.99. The third-order valence-electron chi connectivity index (χ3n) is 7.23. The summed E-state index contributed by atoms with van der Waals surface area (Å²) in [6, 6.07) is 14.3. The van der Waals surface area contributed by atoms with Crippen molar-refractivity contribution in [1.82, 2.24) is 14.5 Å². The molecule has 1 N–H and O–H groups in total. The minimum Gasteiger partial charge on any atom is -0.347 e. The van der Waals surface area contributed by atoms with Gasteiger partial charge in [-0.1, -0.05) is 0 Å². The quantitative estimate of drug-likeness (QED) is 0.442. The van der Waals surface area contributed by atoms with Crippen LogP contribution in [0.2, 0.25) is 0 Å². The summed E-state index contributed by atoms with van der Waals surface area (Å²) in [5.74, 6) is 0. The normalized spacial score (nSPS) is 20.1. The second kappa shape index (κ2) is 7.37. The van der Waals surface area contributed by atoms with Gasteiger partial charge in [0.05, 0.1) is 9.79 Å². The molecule has 32 heavy (non-hydrogen) atoms. The van der Waals surface area contributed by atoms with Gasteiger partial charge in [-0.15, -0.1) is 12.4 Å². The molecule has 6 rings (SSSR count). The Labute approximate surface area is 194 Å². The van der Waals surface area contributed by atoms with E-state index in [1.54, 1.807) is 18.2 Å². The number of aromatic nitrogens is 2. The molecule has 4 heterocycles. The summed E-state index contributed by atoms with van der Waals surface area (Å²) < 4.78 is 31.6. The van der Waals surface area contributed by atoms with E-state index in [1.165, 1.54) is 17.7 Å². The van der Waals surface area contributed by atoms with Crippen molar-refractivity contribution < 1.29 is 8.42 Å². The van der Waals surface area contributed by atoms with E-state index >= 15 is 0 Å². The molecule has 2 aliphatic rings. The highest BCUT2D eigenvalue weighted by molar-refractivity contribution is 7.91. The van der Waals surface area contributed by atoms with Crippen LogP contribution >= 0.6 is 12.4 Å². The van der Waals surface area contributed by atoms with E-state index in [-0.39, 0.29) is 12.4 Å². The van der Waals surface area contributed by atoms with E-state index in [0.29, 0.717) is 27.9 Å². The Balaban J connectivity index is 0.00000216. The van der Waals surface area contributed by atoms with Crippen molar-refractivity contribution in [3.05, 3.63) is 59.9 Å². The maximum absolute atomic E-state index is 13.6. The van der Waals surface area contributed by atoms with Gasteiger partial charge in [0.1, 0.15) is 0 Å². The fraction of sp³-hybridized carbons (Fsp3) is 0.360. The molecule has 4 aromatic rings. The monoisotopic (exact) mass is 469 g/mol. The lowest BCUT2D eigenvalue weighted by Crippen LogP contribution is -2.32. The smallest absolute Gasteiger partial charge is 0.206 e. The van der Waals surface area contributed by atoms with Gasteiger partial charge in [-0.2, -0.15) is 0 Å². The zero-order chi connectivity index (χ0) is 21.5. The Morgan fingerprint density at radius 1 is 1.00 bits per heavy atom. The number of benzene rings is 2. The molecule has 2 aromatic carbocycles. The molecule has 0 spiro atoms. The molecular weight excluding hydrogens is 442 g/mol. The molecule has 1 saturated heterocycles. The van der Waals surface area contributed by atoms with Crippen molar-refractivity contribution >= 4 is 44.1 Å². The Kier molecular flexibility index (Phi) is 4.97. The molecule has 0 amide bonds. The minimum absolute atomic E-state index is 0. The molecule has 0 aliphatic carbocycles. The summed E-state index contributed by atoms with van der Waals surface area (Å²) in [6.45, 7) is 4.25. The second-order valence-electron chi connectivity index (χ2n) is 9.34. The van der Waals surface area contributed by atoms with Crippen molar-refractivity contribution in [3.8, 4) is 0 Å². The standard InChI is InChI=1S/C25H27N3O2S.ClH/c1-15(2)28-11-10-16-12-18(5-8-22(16)28)31(29,30)19-6-9-23-20(14-19)25-21-7-4-17(26-21)13-24(25)27(23)3;/h5-6,8-12,14-15,17,21,26H,4,7,13H2,1-3H3;1H. The van der Waals surface area contributed by atoms with Crippen LogP contribution in [0.1, 0.15) is 50.0 Å². The van der Waals surface area contributed by atoms with Gasteiger partial charge in [-0.05, 0) is 74.7 Å².